The van der Waals surface area contributed by atoms with Crippen LogP contribution in [0.3, 0.4) is 0 Å². The highest BCUT2D eigenvalue weighted by molar-refractivity contribution is 9.10. The number of halogens is 2. The van der Waals surface area contributed by atoms with Crippen molar-refractivity contribution < 1.29 is 28.8 Å². The highest BCUT2D eigenvalue weighted by Crippen LogP contribution is 2.39. The van der Waals surface area contributed by atoms with Gasteiger partial charge in [-0.25, -0.2) is 0 Å². The molecule has 1 unspecified atom stereocenters. The van der Waals surface area contributed by atoms with Crippen molar-refractivity contribution in [3.63, 3.8) is 0 Å². The molecule has 6 rings (SSSR count). The smallest absolute Gasteiger partial charge is 0.194 e. The summed E-state index contributed by atoms with van der Waals surface area (Å²) in [5.41, 5.74) is 7.12. The standard InChI is InChI=1S/C22H21BrO3.C22H19BrO3/c2*1-15-8-10-17(11-9-15)22(24)18-12-21(20(25-2)13-19(18)23)26-14-16-6-4-3-5-7-16/h3-13,22,24H,14H2,1-2H3;3-13H,14H2,1-2H3. The Hall–Kier alpha value is -4.89. The number of carbonyl (C=O) groups excluding carboxylic acids is 1. The van der Waals surface area contributed by atoms with E-state index in [1.54, 1.807) is 26.4 Å². The lowest BCUT2D eigenvalue weighted by Gasteiger charge is -2.18. The van der Waals surface area contributed by atoms with Gasteiger partial charge in [-0.2, -0.15) is 0 Å². The molecule has 6 aromatic rings. The van der Waals surface area contributed by atoms with E-state index in [9.17, 15) is 9.90 Å². The minimum atomic E-state index is -0.755. The summed E-state index contributed by atoms with van der Waals surface area (Å²) in [5.74, 6) is 2.26. The summed E-state index contributed by atoms with van der Waals surface area (Å²) in [6.07, 6.45) is -0.755. The van der Waals surface area contributed by atoms with Gasteiger partial charge < -0.3 is 24.1 Å². The van der Waals surface area contributed by atoms with E-state index in [1.807, 2.05) is 135 Å². The predicted octanol–water partition coefficient (Wildman–Crippen LogP) is 11.0. The van der Waals surface area contributed by atoms with Gasteiger partial charge in [0.15, 0.2) is 28.8 Å². The lowest BCUT2D eigenvalue weighted by Crippen LogP contribution is -2.05. The average molecular weight is 825 g/mol. The topological polar surface area (TPSA) is 74.2 Å². The number of aliphatic hydroxyl groups excluding tert-OH is 1. The monoisotopic (exact) mass is 822 g/mol. The molecule has 0 aliphatic rings. The van der Waals surface area contributed by atoms with Crippen LogP contribution in [0.15, 0.2) is 142 Å². The maximum Gasteiger partial charge on any atom is 0.194 e. The molecule has 8 heteroatoms. The van der Waals surface area contributed by atoms with E-state index in [4.69, 9.17) is 18.9 Å². The van der Waals surface area contributed by atoms with E-state index in [-0.39, 0.29) is 5.78 Å². The van der Waals surface area contributed by atoms with Gasteiger partial charge >= 0.3 is 0 Å². The molecule has 0 aliphatic heterocycles. The molecule has 6 aromatic carbocycles. The van der Waals surface area contributed by atoms with Crippen molar-refractivity contribution in [2.45, 2.75) is 33.2 Å². The van der Waals surface area contributed by atoms with Crippen molar-refractivity contribution in [3.8, 4) is 23.0 Å². The Labute approximate surface area is 322 Å². The third-order valence-corrected chi connectivity index (χ3v) is 9.60. The molecule has 266 valence electrons. The molecule has 0 heterocycles. The van der Waals surface area contributed by atoms with E-state index in [0.717, 1.165) is 37.9 Å². The molecular weight excluding hydrogens is 784 g/mol. The molecule has 0 amide bonds. The molecule has 0 radical (unpaired) electrons. The lowest BCUT2D eigenvalue weighted by atomic mass is 10.00. The van der Waals surface area contributed by atoms with E-state index < -0.39 is 6.10 Å². The molecule has 0 spiro atoms. The lowest BCUT2D eigenvalue weighted by molar-refractivity contribution is 0.103. The van der Waals surface area contributed by atoms with Crippen LogP contribution >= 0.6 is 31.9 Å². The summed E-state index contributed by atoms with van der Waals surface area (Å²) >= 11 is 7.01. The second kappa shape index (κ2) is 18.6. The van der Waals surface area contributed by atoms with Crippen LogP contribution in [0.5, 0.6) is 23.0 Å². The van der Waals surface area contributed by atoms with E-state index >= 15 is 0 Å². The number of methoxy groups -OCH3 is 2. The Bertz CT molecular complexity index is 2070. The molecule has 6 nitrogen and oxygen atoms in total. The Morgan fingerprint density at radius 2 is 1.06 bits per heavy atom. The summed E-state index contributed by atoms with van der Waals surface area (Å²) in [7, 11) is 3.19. The van der Waals surface area contributed by atoms with Gasteiger partial charge in [0, 0.05) is 25.6 Å². The number of aryl methyl sites for hydroxylation is 2. The van der Waals surface area contributed by atoms with Gasteiger partial charge in [-0.05, 0) is 70.7 Å². The van der Waals surface area contributed by atoms with Crippen LogP contribution in [0.1, 0.15) is 55.4 Å². The van der Waals surface area contributed by atoms with Crippen LogP contribution in [-0.2, 0) is 13.2 Å². The summed E-state index contributed by atoms with van der Waals surface area (Å²) in [6, 6.07) is 42.3. The minimum Gasteiger partial charge on any atom is -0.493 e. The Balaban J connectivity index is 0.000000201. The third kappa shape index (κ3) is 10.1. The molecular formula is C44H40Br2O6. The first-order valence-electron chi connectivity index (χ1n) is 16.6. The van der Waals surface area contributed by atoms with E-state index in [0.29, 0.717) is 51.8 Å². The fourth-order valence-corrected chi connectivity index (χ4v) is 6.32. The number of rotatable bonds is 12. The van der Waals surface area contributed by atoms with Crippen molar-refractivity contribution in [1.82, 2.24) is 0 Å². The molecule has 0 saturated heterocycles. The second-order valence-corrected chi connectivity index (χ2v) is 13.8. The molecule has 1 N–H and O–H groups in total. The first-order valence-corrected chi connectivity index (χ1v) is 18.2. The van der Waals surface area contributed by atoms with Gasteiger partial charge in [0.1, 0.15) is 19.3 Å². The van der Waals surface area contributed by atoms with Crippen molar-refractivity contribution in [2.75, 3.05) is 14.2 Å². The maximum atomic E-state index is 12.9. The zero-order chi connectivity index (χ0) is 37.0. The average Bonchev–Trinajstić information content (AvgIpc) is 3.17. The zero-order valence-corrected chi connectivity index (χ0v) is 32.6. The van der Waals surface area contributed by atoms with Crippen molar-refractivity contribution in [2.24, 2.45) is 0 Å². The van der Waals surface area contributed by atoms with Crippen LogP contribution in [0.4, 0.5) is 0 Å². The van der Waals surface area contributed by atoms with Gasteiger partial charge in [-0.3, -0.25) is 4.79 Å². The molecule has 0 saturated carbocycles. The molecule has 0 bridgehead atoms. The van der Waals surface area contributed by atoms with E-state index in [1.165, 1.54) is 0 Å². The first kappa shape index (κ1) is 38.3. The van der Waals surface area contributed by atoms with Gasteiger partial charge in [-0.15, -0.1) is 0 Å². The molecule has 0 aliphatic carbocycles. The highest BCUT2D eigenvalue weighted by Gasteiger charge is 2.19. The predicted molar refractivity (Wildman–Crippen MR) is 213 cm³/mol. The van der Waals surface area contributed by atoms with Crippen LogP contribution in [-0.4, -0.2) is 25.1 Å². The molecule has 0 fully saturated rings. The number of benzene rings is 6. The second-order valence-electron chi connectivity index (χ2n) is 12.1. The van der Waals surface area contributed by atoms with Crippen molar-refractivity contribution in [1.29, 1.82) is 0 Å². The summed E-state index contributed by atoms with van der Waals surface area (Å²) in [5, 5.41) is 10.8. The first-order chi connectivity index (χ1) is 25.2. The molecule has 0 aromatic heterocycles. The number of carbonyl (C=O) groups is 1. The van der Waals surface area contributed by atoms with Crippen molar-refractivity contribution >= 4 is 37.6 Å². The number of hydrogen-bond acceptors (Lipinski definition) is 6. The van der Waals surface area contributed by atoms with Crippen LogP contribution < -0.4 is 18.9 Å². The highest BCUT2D eigenvalue weighted by atomic mass is 79.9. The summed E-state index contributed by atoms with van der Waals surface area (Å²) in [4.78, 5) is 12.9. The zero-order valence-electron chi connectivity index (χ0n) is 29.4. The van der Waals surface area contributed by atoms with Crippen molar-refractivity contribution in [3.05, 3.63) is 187 Å². The summed E-state index contributed by atoms with van der Waals surface area (Å²) in [6.45, 7) is 4.85. The van der Waals surface area contributed by atoms with Gasteiger partial charge in [0.25, 0.3) is 0 Å². The molecule has 1 atom stereocenters. The number of hydrogen-bond donors (Lipinski definition) is 1. The van der Waals surface area contributed by atoms with Gasteiger partial charge in [0.2, 0.25) is 0 Å². The Morgan fingerprint density at radius 3 is 1.56 bits per heavy atom. The van der Waals surface area contributed by atoms with Gasteiger partial charge in [-0.1, -0.05) is 136 Å². The van der Waals surface area contributed by atoms with Crippen LogP contribution in [0, 0.1) is 13.8 Å². The Morgan fingerprint density at radius 1 is 0.596 bits per heavy atom. The third-order valence-electron chi connectivity index (χ3n) is 8.26. The van der Waals surface area contributed by atoms with Crippen LogP contribution in [0.25, 0.3) is 0 Å². The minimum absolute atomic E-state index is 0.0657. The number of ketones is 1. The summed E-state index contributed by atoms with van der Waals surface area (Å²) < 4.78 is 24.2. The van der Waals surface area contributed by atoms with Crippen LogP contribution in [0.2, 0.25) is 0 Å². The SMILES string of the molecule is COc1cc(Br)c(C(=O)c2ccc(C)cc2)cc1OCc1ccccc1.COc1cc(Br)c(C(O)c2ccc(C)cc2)cc1OCc1ccccc1. The molecule has 52 heavy (non-hydrogen) atoms. The van der Waals surface area contributed by atoms with Gasteiger partial charge in [0.05, 0.1) is 14.2 Å². The largest absolute Gasteiger partial charge is 0.493 e. The van der Waals surface area contributed by atoms with E-state index in [2.05, 4.69) is 31.9 Å². The quantitative estimate of drug-likeness (QED) is 0.124. The normalized spacial score (nSPS) is 11.1. The fraction of sp³-hybridized carbons (Fsp3) is 0.159. The fourth-order valence-electron chi connectivity index (χ4n) is 5.27. The number of aliphatic hydroxyl groups is 1. The Kier molecular flexibility index (Phi) is 13.7. The number of ether oxygens (including phenoxy) is 4. The maximum absolute atomic E-state index is 12.9.